The Hall–Kier alpha value is -1.88. The molecule has 0 atom stereocenters. The zero-order valence-electron chi connectivity index (χ0n) is 10.1. The lowest BCUT2D eigenvalue weighted by Crippen LogP contribution is -2.39. The molecular weight excluding hydrogens is 306 g/mol. The summed E-state index contributed by atoms with van der Waals surface area (Å²) in [5, 5.41) is 3.13. The van der Waals surface area contributed by atoms with Gasteiger partial charge in [0.1, 0.15) is 0 Å². The van der Waals surface area contributed by atoms with Crippen LogP contribution in [-0.2, 0) is 11.3 Å². The van der Waals surface area contributed by atoms with E-state index in [1.165, 1.54) is 0 Å². The van der Waals surface area contributed by atoms with Crippen molar-refractivity contribution >= 4 is 33.2 Å². The molecule has 1 aliphatic rings. The summed E-state index contributed by atoms with van der Waals surface area (Å²) in [5.74, 6) is 0.0560. The van der Waals surface area contributed by atoms with Crippen LogP contribution in [0.3, 0.4) is 0 Å². The molecule has 0 bridgehead atoms. The van der Waals surface area contributed by atoms with Gasteiger partial charge in [-0.3, -0.25) is 9.78 Å². The van der Waals surface area contributed by atoms with Crippen LogP contribution in [0.4, 0.5) is 11.4 Å². The smallest absolute Gasteiger partial charge is 0.246 e. The molecule has 3 rings (SSSR count). The van der Waals surface area contributed by atoms with E-state index in [9.17, 15) is 4.79 Å². The van der Waals surface area contributed by atoms with Gasteiger partial charge in [0.15, 0.2) is 0 Å². The molecule has 2 aromatic rings. The van der Waals surface area contributed by atoms with Gasteiger partial charge in [0.25, 0.3) is 0 Å². The molecule has 2 heterocycles. The maximum absolute atomic E-state index is 12.1. The van der Waals surface area contributed by atoms with Gasteiger partial charge >= 0.3 is 0 Å². The number of aromatic nitrogens is 1. The van der Waals surface area contributed by atoms with Gasteiger partial charge in [-0.05, 0) is 30.3 Å². The molecule has 0 spiro atoms. The van der Waals surface area contributed by atoms with Crippen molar-refractivity contribution in [2.75, 3.05) is 16.8 Å². The Morgan fingerprint density at radius 1 is 1.32 bits per heavy atom. The molecular formula is C14H12BrN3O. The first-order valence-corrected chi connectivity index (χ1v) is 6.77. The monoisotopic (exact) mass is 317 g/mol. The number of rotatable bonds is 2. The number of fused-ring (bicyclic) bond motifs is 1. The van der Waals surface area contributed by atoms with Gasteiger partial charge in [-0.15, -0.1) is 0 Å². The van der Waals surface area contributed by atoms with Crippen molar-refractivity contribution in [2.24, 2.45) is 0 Å². The molecule has 1 N–H and O–H groups in total. The van der Waals surface area contributed by atoms with Gasteiger partial charge in [0.2, 0.25) is 5.91 Å². The predicted octanol–water partition coefficient (Wildman–Crippen LogP) is 2.80. The molecule has 19 heavy (non-hydrogen) atoms. The molecule has 0 fully saturated rings. The summed E-state index contributed by atoms with van der Waals surface area (Å²) in [6, 6.07) is 11.6. The predicted molar refractivity (Wildman–Crippen MR) is 78.1 cm³/mol. The Balaban J connectivity index is 1.95. The van der Waals surface area contributed by atoms with Crippen molar-refractivity contribution < 1.29 is 4.79 Å². The molecule has 1 aliphatic heterocycles. The molecule has 1 amide bonds. The largest absolute Gasteiger partial charge is 0.374 e. The Bertz CT molecular complexity index is 615. The van der Waals surface area contributed by atoms with Crippen molar-refractivity contribution in [3.8, 4) is 0 Å². The van der Waals surface area contributed by atoms with Gasteiger partial charge in [0, 0.05) is 10.7 Å². The molecule has 96 valence electrons. The zero-order valence-corrected chi connectivity index (χ0v) is 11.7. The summed E-state index contributed by atoms with van der Waals surface area (Å²) in [7, 11) is 0. The summed E-state index contributed by atoms with van der Waals surface area (Å²) >= 11 is 3.44. The number of pyridine rings is 1. The topological polar surface area (TPSA) is 45.2 Å². The SMILES string of the molecule is O=C1CNc2cc(Br)ccc2N1Cc1ccccn1. The van der Waals surface area contributed by atoms with Crippen molar-refractivity contribution in [1.29, 1.82) is 0 Å². The lowest BCUT2D eigenvalue weighted by Gasteiger charge is -2.30. The molecule has 1 aromatic carbocycles. The fourth-order valence-electron chi connectivity index (χ4n) is 2.11. The van der Waals surface area contributed by atoms with Gasteiger partial charge in [-0.2, -0.15) is 0 Å². The third-order valence-electron chi connectivity index (χ3n) is 3.03. The summed E-state index contributed by atoms with van der Waals surface area (Å²) in [6.45, 7) is 0.812. The number of nitrogens with one attached hydrogen (secondary N) is 1. The Kier molecular flexibility index (Phi) is 3.21. The van der Waals surface area contributed by atoms with E-state index in [-0.39, 0.29) is 5.91 Å². The van der Waals surface area contributed by atoms with Crippen molar-refractivity contribution in [3.05, 3.63) is 52.8 Å². The molecule has 0 radical (unpaired) electrons. The summed E-state index contributed by atoms with van der Waals surface area (Å²) < 4.78 is 0.992. The minimum Gasteiger partial charge on any atom is -0.374 e. The van der Waals surface area contributed by atoms with Crippen molar-refractivity contribution in [1.82, 2.24) is 4.98 Å². The zero-order chi connectivity index (χ0) is 13.2. The van der Waals surface area contributed by atoms with Crippen molar-refractivity contribution in [2.45, 2.75) is 6.54 Å². The number of benzene rings is 1. The van der Waals surface area contributed by atoms with Crippen LogP contribution in [0, 0.1) is 0 Å². The van der Waals surface area contributed by atoms with Crippen LogP contribution < -0.4 is 10.2 Å². The number of hydrogen-bond acceptors (Lipinski definition) is 3. The van der Waals surface area contributed by atoms with Gasteiger partial charge < -0.3 is 10.2 Å². The highest BCUT2D eigenvalue weighted by molar-refractivity contribution is 9.10. The Morgan fingerprint density at radius 2 is 2.21 bits per heavy atom. The number of hydrogen-bond donors (Lipinski definition) is 1. The van der Waals surface area contributed by atoms with Crippen LogP contribution >= 0.6 is 15.9 Å². The van der Waals surface area contributed by atoms with Crippen LogP contribution in [0.15, 0.2) is 47.1 Å². The lowest BCUT2D eigenvalue weighted by atomic mass is 10.2. The third-order valence-corrected chi connectivity index (χ3v) is 3.52. The van der Waals surface area contributed by atoms with Gasteiger partial charge in [-0.25, -0.2) is 0 Å². The van der Waals surface area contributed by atoms with Gasteiger partial charge in [-0.1, -0.05) is 22.0 Å². The summed E-state index contributed by atoms with van der Waals surface area (Å²) in [6.07, 6.45) is 1.74. The highest BCUT2D eigenvalue weighted by atomic mass is 79.9. The fourth-order valence-corrected chi connectivity index (χ4v) is 2.47. The minimum atomic E-state index is 0.0560. The highest BCUT2D eigenvalue weighted by Gasteiger charge is 2.24. The third kappa shape index (κ3) is 2.46. The number of nitrogens with zero attached hydrogens (tertiary/aromatic N) is 2. The number of carbonyl (C=O) groups excluding carboxylic acids is 1. The van der Waals surface area contributed by atoms with E-state index < -0.39 is 0 Å². The van der Waals surface area contributed by atoms with Crippen LogP contribution in [0.1, 0.15) is 5.69 Å². The normalized spacial score (nSPS) is 13.9. The number of halogens is 1. The molecule has 0 unspecified atom stereocenters. The van der Waals surface area contributed by atoms with Gasteiger partial charge in [0.05, 0.1) is 30.2 Å². The summed E-state index contributed by atoms with van der Waals surface area (Å²) in [5.41, 5.74) is 2.74. The fraction of sp³-hybridized carbons (Fsp3) is 0.143. The van der Waals surface area contributed by atoms with Crippen LogP contribution in [0.25, 0.3) is 0 Å². The lowest BCUT2D eigenvalue weighted by molar-refractivity contribution is -0.117. The Morgan fingerprint density at radius 3 is 3.00 bits per heavy atom. The average Bonchev–Trinajstić information content (AvgIpc) is 2.43. The van der Waals surface area contributed by atoms with Crippen LogP contribution in [0.2, 0.25) is 0 Å². The van der Waals surface area contributed by atoms with Crippen LogP contribution in [0.5, 0.6) is 0 Å². The van der Waals surface area contributed by atoms with E-state index in [1.807, 2.05) is 36.4 Å². The maximum Gasteiger partial charge on any atom is 0.246 e. The molecule has 0 saturated carbocycles. The maximum atomic E-state index is 12.1. The number of carbonyl (C=O) groups is 1. The van der Waals surface area contributed by atoms with E-state index in [2.05, 4.69) is 26.2 Å². The van der Waals surface area contributed by atoms with Crippen LogP contribution in [-0.4, -0.2) is 17.4 Å². The van der Waals surface area contributed by atoms with E-state index in [4.69, 9.17) is 0 Å². The second-order valence-corrected chi connectivity index (χ2v) is 5.23. The molecule has 1 aromatic heterocycles. The molecule has 4 nitrogen and oxygen atoms in total. The van der Waals surface area contributed by atoms with E-state index >= 15 is 0 Å². The molecule has 5 heteroatoms. The average molecular weight is 318 g/mol. The first-order chi connectivity index (χ1) is 9.24. The quantitative estimate of drug-likeness (QED) is 0.926. The first-order valence-electron chi connectivity index (χ1n) is 5.98. The highest BCUT2D eigenvalue weighted by Crippen LogP contribution is 2.32. The summed E-state index contributed by atoms with van der Waals surface area (Å²) in [4.78, 5) is 18.1. The second kappa shape index (κ2) is 5.01. The van der Waals surface area contributed by atoms with E-state index in [0.717, 1.165) is 21.5 Å². The minimum absolute atomic E-state index is 0.0560. The Labute approximate surface area is 119 Å². The first kappa shape index (κ1) is 12.2. The number of amides is 1. The standard InChI is InChI=1S/C14H12BrN3O/c15-10-4-5-13-12(7-10)17-8-14(19)18(13)9-11-3-1-2-6-16-11/h1-7,17H,8-9H2. The molecule has 0 aliphatic carbocycles. The van der Waals surface area contributed by atoms with E-state index in [0.29, 0.717) is 13.1 Å². The van der Waals surface area contributed by atoms with E-state index in [1.54, 1.807) is 11.1 Å². The number of anilines is 2. The molecule has 0 saturated heterocycles. The van der Waals surface area contributed by atoms with Crippen molar-refractivity contribution in [3.63, 3.8) is 0 Å². The second-order valence-electron chi connectivity index (χ2n) is 4.32.